The van der Waals surface area contributed by atoms with Gasteiger partial charge < -0.3 is 5.11 Å². The maximum absolute atomic E-state index is 13.1. The molecule has 0 fully saturated rings. The smallest absolute Gasteiger partial charge is 0.338 e. The molecule has 7 heteroatoms. The number of hydrogen-bond acceptors (Lipinski definition) is 3. The van der Waals surface area contributed by atoms with Crippen LogP contribution in [0.15, 0.2) is 18.2 Å². The first-order valence-electron chi connectivity index (χ1n) is 5.24. The van der Waals surface area contributed by atoms with Gasteiger partial charge in [-0.15, -0.1) is 0 Å². The van der Waals surface area contributed by atoms with Crippen LogP contribution in [-0.4, -0.2) is 25.2 Å². The highest BCUT2D eigenvalue weighted by molar-refractivity contribution is 7.92. The van der Waals surface area contributed by atoms with Crippen molar-refractivity contribution in [2.24, 2.45) is 5.92 Å². The fraction of sp³-hybridized carbons (Fsp3) is 0.364. The molecule has 0 aromatic heterocycles. The maximum atomic E-state index is 13.1. The largest absolute Gasteiger partial charge is 0.478 e. The summed E-state index contributed by atoms with van der Waals surface area (Å²) in [5, 5.41) is 8.72. The predicted octanol–water partition coefficient (Wildman–Crippen LogP) is 1.92. The Balaban J connectivity index is 2.99. The Labute approximate surface area is 105 Å². The molecule has 0 aliphatic carbocycles. The molecule has 100 valence electrons. The van der Waals surface area contributed by atoms with Crippen molar-refractivity contribution in [2.45, 2.75) is 13.8 Å². The first kappa shape index (κ1) is 14.4. The fourth-order valence-corrected chi connectivity index (χ4v) is 2.86. The molecule has 0 unspecified atom stereocenters. The van der Waals surface area contributed by atoms with Gasteiger partial charge in [-0.2, -0.15) is 0 Å². The third-order valence-electron chi connectivity index (χ3n) is 2.02. The predicted molar refractivity (Wildman–Crippen MR) is 65.6 cm³/mol. The molecule has 0 bridgehead atoms. The molecular formula is C11H14FNO4S. The summed E-state index contributed by atoms with van der Waals surface area (Å²) in [6, 6.07) is 3.05. The second-order valence-electron chi connectivity index (χ2n) is 4.28. The number of benzene rings is 1. The van der Waals surface area contributed by atoms with Gasteiger partial charge in [0.2, 0.25) is 10.0 Å². The minimum atomic E-state index is -3.55. The lowest BCUT2D eigenvalue weighted by Gasteiger charge is -2.10. The zero-order valence-electron chi connectivity index (χ0n) is 9.97. The highest BCUT2D eigenvalue weighted by Crippen LogP contribution is 2.16. The highest BCUT2D eigenvalue weighted by atomic mass is 32.2. The molecular weight excluding hydrogens is 261 g/mol. The molecule has 0 heterocycles. The molecule has 0 saturated heterocycles. The van der Waals surface area contributed by atoms with Crippen molar-refractivity contribution in [3.63, 3.8) is 0 Å². The van der Waals surface area contributed by atoms with E-state index in [1.165, 1.54) is 6.07 Å². The molecule has 0 aliphatic heterocycles. The lowest BCUT2D eigenvalue weighted by Crippen LogP contribution is -2.20. The van der Waals surface area contributed by atoms with Crippen molar-refractivity contribution in [3.05, 3.63) is 29.6 Å². The Morgan fingerprint density at radius 3 is 2.56 bits per heavy atom. The van der Waals surface area contributed by atoms with Crippen molar-refractivity contribution in [1.29, 1.82) is 0 Å². The molecule has 0 atom stereocenters. The van der Waals surface area contributed by atoms with Crippen LogP contribution >= 0.6 is 0 Å². The molecule has 1 aromatic carbocycles. The van der Waals surface area contributed by atoms with Crippen molar-refractivity contribution >= 4 is 21.7 Å². The van der Waals surface area contributed by atoms with Crippen LogP contribution in [0, 0.1) is 11.7 Å². The normalized spacial score (nSPS) is 11.6. The molecule has 0 saturated carbocycles. The minimum absolute atomic E-state index is 0.0365. The van der Waals surface area contributed by atoms with E-state index in [2.05, 4.69) is 4.72 Å². The summed E-state index contributed by atoms with van der Waals surface area (Å²) in [7, 11) is -3.55. The molecule has 0 radical (unpaired) electrons. The Hall–Kier alpha value is -1.63. The number of rotatable bonds is 5. The van der Waals surface area contributed by atoms with Crippen LogP contribution in [-0.2, 0) is 10.0 Å². The fourth-order valence-electron chi connectivity index (χ4n) is 1.41. The topological polar surface area (TPSA) is 83.5 Å². The molecule has 0 amide bonds. The average molecular weight is 275 g/mol. The molecule has 0 aliphatic rings. The first-order chi connectivity index (χ1) is 8.21. The van der Waals surface area contributed by atoms with Gasteiger partial charge in [-0.1, -0.05) is 13.8 Å². The van der Waals surface area contributed by atoms with Crippen LogP contribution < -0.4 is 4.72 Å². The summed E-state index contributed by atoms with van der Waals surface area (Å²) >= 11 is 0. The van der Waals surface area contributed by atoms with Gasteiger partial charge in [-0.05, 0) is 24.1 Å². The molecule has 5 nitrogen and oxygen atoms in total. The van der Waals surface area contributed by atoms with Gasteiger partial charge in [0.15, 0.2) is 0 Å². The third-order valence-corrected chi connectivity index (χ3v) is 3.68. The van der Waals surface area contributed by atoms with Crippen molar-refractivity contribution in [3.8, 4) is 0 Å². The van der Waals surface area contributed by atoms with Crippen LogP contribution in [0.2, 0.25) is 0 Å². The lowest BCUT2D eigenvalue weighted by atomic mass is 10.2. The van der Waals surface area contributed by atoms with E-state index in [1.807, 2.05) is 0 Å². The van der Waals surface area contributed by atoms with E-state index in [4.69, 9.17) is 5.11 Å². The van der Waals surface area contributed by atoms with Gasteiger partial charge in [-0.25, -0.2) is 17.6 Å². The molecule has 18 heavy (non-hydrogen) atoms. The number of carboxylic acid groups (broad SMARTS) is 1. The molecule has 1 aromatic rings. The summed E-state index contributed by atoms with van der Waals surface area (Å²) < 4.78 is 38.6. The SMILES string of the molecule is CC(C)CS(=O)(=O)Nc1ccc(F)c(C(=O)O)c1. The molecule has 1 rings (SSSR count). The van der Waals surface area contributed by atoms with E-state index in [-0.39, 0.29) is 17.4 Å². The Morgan fingerprint density at radius 2 is 2.06 bits per heavy atom. The van der Waals surface area contributed by atoms with Gasteiger partial charge in [0.05, 0.1) is 11.3 Å². The molecule has 0 spiro atoms. The number of carbonyl (C=O) groups is 1. The monoisotopic (exact) mass is 275 g/mol. The average Bonchev–Trinajstić information content (AvgIpc) is 2.18. The van der Waals surface area contributed by atoms with Crippen LogP contribution in [0.4, 0.5) is 10.1 Å². The molecule has 2 N–H and O–H groups in total. The van der Waals surface area contributed by atoms with E-state index in [9.17, 15) is 17.6 Å². The summed E-state index contributed by atoms with van der Waals surface area (Å²) in [4.78, 5) is 10.7. The quantitative estimate of drug-likeness (QED) is 0.860. The van der Waals surface area contributed by atoms with Gasteiger partial charge in [0.1, 0.15) is 5.82 Å². The second kappa shape index (κ2) is 5.34. The van der Waals surface area contributed by atoms with Crippen LogP contribution in [0.5, 0.6) is 0 Å². The Kier molecular flexibility index (Phi) is 4.28. The van der Waals surface area contributed by atoms with E-state index >= 15 is 0 Å². The summed E-state index contributed by atoms with van der Waals surface area (Å²) in [5.74, 6) is -2.51. The highest BCUT2D eigenvalue weighted by Gasteiger charge is 2.16. The number of hydrogen-bond donors (Lipinski definition) is 2. The summed E-state index contributed by atoms with van der Waals surface area (Å²) in [5.41, 5.74) is -0.533. The third kappa shape index (κ3) is 3.99. The number of sulfonamides is 1. The number of nitrogens with one attached hydrogen (secondary N) is 1. The van der Waals surface area contributed by atoms with Crippen LogP contribution in [0.25, 0.3) is 0 Å². The Bertz CT molecular complexity index is 554. The number of anilines is 1. The van der Waals surface area contributed by atoms with Crippen molar-refractivity contribution < 1.29 is 22.7 Å². The van der Waals surface area contributed by atoms with Crippen molar-refractivity contribution in [1.82, 2.24) is 0 Å². The van der Waals surface area contributed by atoms with Gasteiger partial charge in [-0.3, -0.25) is 4.72 Å². The zero-order valence-corrected chi connectivity index (χ0v) is 10.8. The number of carboxylic acids is 1. The zero-order chi connectivity index (χ0) is 13.9. The van der Waals surface area contributed by atoms with Crippen LogP contribution in [0.3, 0.4) is 0 Å². The minimum Gasteiger partial charge on any atom is -0.478 e. The maximum Gasteiger partial charge on any atom is 0.338 e. The number of halogens is 1. The lowest BCUT2D eigenvalue weighted by molar-refractivity contribution is 0.0692. The number of aromatic carboxylic acids is 1. The summed E-state index contributed by atoms with van der Waals surface area (Å²) in [6.45, 7) is 3.49. The summed E-state index contributed by atoms with van der Waals surface area (Å²) in [6.07, 6.45) is 0. The van der Waals surface area contributed by atoms with Crippen molar-refractivity contribution in [2.75, 3.05) is 10.5 Å². The van der Waals surface area contributed by atoms with Gasteiger partial charge >= 0.3 is 5.97 Å². The van der Waals surface area contributed by atoms with E-state index in [1.54, 1.807) is 13.8 Å². The Morgan fingerprint density at radius 1 is 1.44 bits per heavy atom. The van der Waals surface area contributed by atoms with Gasteiger partial charge in [0, 0.05) is 5.69 Å². The second-order valence-corrected chi connectivity index (χ2v) is 6.04. The van der Waals surface area contributed by atoms with Crippen LogP contribution in [0.1, 0.15) is 24.2 Å². The van der Waals surface area contributed by atoms with E-state index < -0.39 is 27.4 Å². The first-order valence-corrected chi connectivity index (χ1v) is 6.90. The van der Waals surface area contributed by atoms with E-state index in [0.29, 0.717) is 0 Å². The standard InChI is InChI=1S/C11H14FNO4S/c1-7(2)6-18(16,17)13-8-3-4-10(12)9(5-8)11(14)15/h3-5,7,13H,6H2,1-2H3,(H,14,15). The van der Waals surface area contributed by atoms with Gasteiger partial charge in [0.25, 0.3) is 0 Å². The van der Waals surface area contributed by atoms with E-state index in [0.717, 1.165) is 12.1 Å².